The van der Waals surface area contributed by atoms with Crippen molar-refractivity contribution in [2.45, 2.75) is 95.2 Å². The third-order valence-corrected chi connectivity index (χ3v) is 4.67. The molecule has 1 rings (SSSR count). The van der Waals surface area contributed by atoms with Crippen LogP contribution in [-0.4, -0.2) is 63.3 Å². The molecule has 0 aromatic heterocycles. The van der Waals surface area contributed by atoms with Gasteiger partial charge in [-0.25, -0.2) is 0 Å². The Hall–Kier alpha value is -0.790. The average Bonchev–Trinajstić information content (AvgIpc) is 2.60. The number of hydrogen-bond acceptors (Lipinski definition) is 6. The maximum atomic E-state index is 12.0. The van der Waals surface area contributed by atoms with E-state index >= 15 is 0 Å². The fourth-order valence-corrected chi connectivity index (χ4v) is 3.05. The summed E-state index contributed by atoms with van der Waals surface area (Å²) in [5.74, 6) is -0.202. The van der Waals surface area contributed by atoms with E-state index in [1.807, 2.05) is 6.08 Å². The summed E-state index contributed by atoms with van der Waals surface area (Å²) in [6, 6.07) is 0. The van der Waals surface area contributed by atoms with Gasteiger partial charge in [-0.05, 0) is 18.9 Å². The minimum absolute atomic E-state index is 0.0883. The lowest BCUT2D eigenvalue weighted by Crippen LogP contribution is -2.58. The first-order chi connectivity index (χ1) is 12.0. The molecule has 1 fully saturated rings. The highest BCUT2D eigenvalue weighted by molar-refractivity contribution is 5.90. The van der Waals surface area contributed by atoms with E-state index in [1.165, 1.54) is 38.2 Å². The number of ketones is 1. The van der Waals surface area contributed by atoms with Gasteiger partial charge in [-0.3, -0.25) is 4.79 Å². The van der Waals surface area contributed by atoms with Gasteiger partial charge in [0, 0.05) is 6.42 Å². The van der Waals surface area contributed by atoms with Crippen LogP contribution >= 0.6 is 0 Å². The van der Waals surface area contributed by atoms with Crippen molar-refractivity contribution in [2.75, 3.05) is 6.61 Å². The minimum Gasteiger partial charge on any atom is -0.394 e. The number of unbranched alkanes of at least 4 members (excludes halogenated alkanes) is 7. The van der Waals surface area contributed by atoms with Crippen LogP contribution in [0.3, 0.4) is 0 Å². The van der Waals surface area contributed by atoms with Crippen molar-refractivity contribution in [2.24, 2.45) is 0 Å². The third-order valence-electron chi connectivity index (χ3n) is 4.67. The fraction of sp³-hybridized carbons (Fsp3) is 0.842. The van der Waals surface area contributed by atoms with Crippen molar-refractivity contribution in [1.82, 2.24) is 0 Å². The predicted molar refractivity (Wildman–Crippen MR) is 95.1 cm³/mol. The van der Waals surface area contributed by atoms with Gasteiger partial charge >= 0.3 is 0 Å². The Morgan fingerprint density at radius 2 is 1.52 bits per heavy atom. The maximum Gasteiger partial charge on any atom is 0.158 e. The summed E-state index contributed by atoms with van der Waals surface area (Å²) in [6.45, 7) is 1.72. The van der Waals surface area contributed by atoms with Crippen LogP contribution in [0.25, 0.3) is 0 Å². The molecule has 0 radical (unpaired) electrons. The number of carbonyl (C=O) groups excluding carboxylic acids is 1. The van der Waals surface area contributed by atoms with Crippen LogP contribution in [0.1, 0.15) is 64.7 Å². The molecule has 0 spiro atoms. The molecule has 6 nitrogen and oxygen atoms in total. The summed E-state index contributed by atoms with van der Waals surface area (Å²) < 4.78 is 5.33. The molecule has 6 heteroatoms. The SMILES string of the molecule is CCCCCCCCCC=CC(=O)C[C@@H]1OC(CO)[C@@H](O)[C@H](O)C1O. The van der Waals surface area contributed by atoms with Crippen LogP contribution in [-0.2, 0) is 9.53 Å². The molecule has 4 N–H and O–H groups in total. The number of allylic oxidation sites excluding steroid dienone is 2. The van der Waals surface area contributed by atoms with Crippen molar-refractivity contribution >= 4 is 5.78 Å². The number of aliphatic hydroxyl groups is 4. The first kappa shape index (κ1) is 22.3. The van der Waals surface area contributed by atoms with Crippen LogP contribution in [0.15, 0.2) is 12.2 Å². The largest absolute Gasteiger partial charge is 0.394 e. The topological polar surface area (TPSA) is 107 Å². The number of ether oxygens (including phenoxy) is 1. The Morgan fingerprint density at radius 3 is 2.16 bits per heavy atom. The Bertz CT molecular complexity index is 395. The van der Waals surface area contributed by atoms with E-state index in [9.17, 15) is 20.1 Å². The van der Waals surface area contributed by atoms with Crippen LogP contribution < -0.4 is 0 Å². The molecular weight excluding hydrogens is 324 g/mol. The van der Waals surface area contributed by atoms with Gasteiger partial charge in [-0.15, -0.1) is 0 Å². The van der Waals surface area contributed by atoms with E-state index in [1.54, 1.807) is 0 Å². The monoisotopic (exact) mass is 358 g/mol. The molecule has 25 heavy (non-hydrogen) atoms. The van der Waals surface area contributed by atoms with Gasteiger partial charge in [0.1, 0.15) is 24.4 Å². The molecule has 1 saturated heterocycles. The third kappa shape index (κ3) is 7.96. The molecule has 0 aromatic rings. The predicted octanol–water partition coefficient (Wildman–Crippen LogP) is 1.48. The van der Waals surface area contributed by atoms with Crippen molar-refractivity contribution in [3.05, 3.63) is 12.2 Å². The number of rotatable bonds is 12. The molecule has 5 atom stereocenters. The van der Waals surface area contributed by atoms with E-state index in [2.05, 4.69) is 6.92 Å². The van der Waals surface area contributed by atoms with E-state index in [4.69, 9.17) is 9.84 Å². The Labute approximate surface area is 150 Å². The number of carbonyl (C=O) groups is 1. The first-order valence-corrected chi connectivity index (χ1v) is 9.51. The van der Waals surface area contributed by atoms with Crippen molar-refractivity contribution < 1.29 is 30.0 Å². The zero-order valence-corrected chi connectivity index (χ0v) is 15.2. The summed E-state index contributed by atoms with van der Waals surface area (Å²) in [5, 5.41) is 38.5. The van der Waals surface area contributed by atoms with Gasteiger partial charge < -0.3 is 25.2 Å². The highest BCUT2D eigenvalue weighted by Gasteiger charge is 2.43. The lowest BCUT2D eigenvalue weighted by Gasteiger charge is -2.39. The standard InChI is InChI=1S/C19H34O6/c1-2-3-4-5-6-7-8-9-10-11-14(21)12-15-17(22)19(24)18(23)16(13-20)25-15/h10-11,15-20,22-24H,2-9,12-13H2,1H3/t15-,16?,17?,18+,19+/m0/s1. The summed E-state index contributed by atoms with van der Waals surface area (Å²) in [5.41, 5.74) is 0. The smallest absolute Gasteiger partial charge is 0.158 e. The van der Waals surface area contributed by atoms with Gasteiger partial charge in [-0.1, -0.05) is 51.5 Å². The lowest BCUT2D eigenvalue weighted by molar-refractivity contribution is -0.229. The molecule has 1 aliphatic rings. The van der Waals surface area contributed by atoms with Gasteiger partial charge in [0.15, 0.2) is 5.78 Å². The van der Waals surface area contributed by atoms with Gasteiger partial charge in [0.25, 0.3) is 0 Å². The molecule has 2 unspecified atom stereocenters. The van der Waals surface area contributed by atoms with Gasteiger partial charge in [0.05, 0.1) is 12.7 Å². The summed E-state index contributed by atoms with van der Waals surface area (Å²) in [4.78, 5) is 12.0. The van der Waals surface area contributed by atoms with Gasteiger partial charge in [0.2, 0.25) is 0 Å². The Balaban J connectivity index is 2.24. The molecule has 0 aliphatic carbocycles. The zero-order chi connectivity index (χ0) is 18.7. The van der Waals surface area contributed by atoms with Crippen LogP contribution in [0.5, 0.6) is 0 Å². The summed E-state index contributed by atoms with van der Waals surface area (Å²) in [7, 11) is 0. The summed E-state index contributed by atoms with van der Waals surface area (Å²) >= 11 is 0. The van der Waals surface area contributed by atoms with Crippen molar-refractivity contribution in [3.8, 4) is 0 Å². The molecule has 0 saturated carbocycles. The van der Waals surface area contributed by atoms with E-state index in [0.29, 0.717) is 0 Å². The second-order valence-electron chi connectivity index (χ2n) is 6.85. The second kappa shape index (κ2) is 12.5. The highest BCUT2D eigenvalue weighted by atomic mass is 16.5. The number of hydrogen-bond donors (Lipinski definition) is 4. The quantitative estimate of drug-likeness (QED) is 0.311. The van der Waals surface area contributed by atoms with Crippen molar-refractivity contribution in [1.29, 1.82) is 0 Å². The summed E-state index contributed by atoms with van der Waals surface area (Å²) in [6.07, 6.45) is 6.57. The number of aliphatic hydroxyl groups excluding tert-OH is 4. The fourth-order valence-electron chi connectivity index (χ4n) is 3.05. The molecule has 0 bridgehead atoms. The Kier molecular flexibility index (Phi) is 11.2. The molecule has 1 aliphatic heterocycles. The highest BCUT2D eigenvalue weighted by Crippen LogP contribution is 2.23. The van der Waals surface area contributed by atoms with Crippen molar-refractivity contribution in [3.63, 3.8) is 0 Å². The van der Waals surface area contributed by atoms with E-state index in [-0.39, 0.29) is 12.2 Å². The normalized spacial score (nSPS) is 30.0. The molecule has 0 amide bonds. The molecular formula is C19H34O6. The average molecular weight is 358 g/mol. The molecule has 146 valence electrons. The van der Waals surface area contributed by atoms with Crippen LogP contribution in [0, 0.1) is 0 Å². The zero-order valence-electron chi connectivity index (χ0n) is 15.2. The van der Waals surface area contributed by atoms with E-state index in [0.717, 1.165) is 19.3 Å². The minimum atomic E-state index is -1.43. The van der Waals surface area contributed by atoms with Crippen LogP contribution in [0.4, 0.5) is 0 Å². The van der Waals surface area contributed by atoms with E-state index < -0.39 is 37.1 Å². The molecule has 1 heterocycles. The van der Waals surface area contributed by atoms with Crippen LogP contribution in [0.2, 0.25) is 0 Å². The van der Waals surface area contributed by atoms with Gasteiger partial charge in [-0.2, -0.15) is 0 Å². The molecule has 0 aromatic carbocycles. The lowest BCUT2D eigenvalue weighted by atomic mass is 9.92. The first-order valence-electron chi connectivity index (χ1n) is 9.51. The maximum absolute atomic E-state index is 12.0. The Morgan fingerprint density at radius 1 is 0.920 bits per heavy atom. The second-order valence-corrected chi connectivity index (χ2v) is 6.85.